The number of hydrogen-bond acceptors (Lipinski definition) is 5. The lowest BCUT2D eigenvalue weighted by molar-refractivity contribution is -0.119. The smallest absolute Gasteiger partial charge is 0.337 e. The summed E-state index contributed by atoms with van der Waals surface area (Å²) in [6.07, 6.45) is 0.717. The fourth-order valence-corrected chi connectivity index (χ4v) is 2.47. The lowest BCUT2D eigenvalue weighted by Gasteiger charge is -2.10. The number of hydrogen-bond donors (Lipinski definition) is 2. The van der Waals surface area contributed by atoms with Crippen LogP contribution in [0, 0.1) is 0 Å². The number of carbonyl (C=O) groups is 2. The number of ether oxygens (including phenoxy) is 2. The summed E-state index contributed by atoms with van der Waals surface area (Å²) in [4.78, 5) is 23.5. The normalized spacial score (nSPS) is 10.1. The molecule has 0 aliphatic carbocycles. The van der Waals surface area contributed by atoms with E-state index in [1.54, 1.807) is 25.3 Å². The number of methoxy groups -OCH3 is 2. The molecule has 0 aliphatic rings. The molecule has 0 fully saturated rings. The van der Waals surface area contributed by atoms with Gasteiger partial charge < -0.3 is 20.1 Å². The molecule has 0 radical (unpaired) electrons. The molecule has 1 amide bonds. The largest absolute Gasteiger partial charge is 0.497 e. The van der Waals surface area contributed by atoms with Crippen LogP contribution in [-0.2, 0) is 16.0 Å². The summed E-state index contributed by atoms with van der Waals surface area (Å²) in [6.45, 7) is 0.565. The van der Waals surface area contributed by atoms with Gasteiger partial charge >= 0.3 is 5.97 Å². The molecule has 6 nitrogen and oxygen atoms in total. The Labute approximate surface area is 157 Å². The van der Waals surface area contributed by atoms with Gasteiger partial charge in [-0.2, -0.15) is 0 Å². The first-order chi connectivity index (χ1) is 12.5. The van der Waals surface area contributed by atoms with E-state index in [4.69, 9.17) is 16.3 Å². The van der Waals surface area contributed by atoms with Gasteiger partial charge in [0.05, 0.1) is 37.0 Å². The number of amides is 1. The monoisotopic (exact) mass is 376 g/mol. The first-order valence-electron chi connectivity index (χ1n) is 8.05. The molecule has 0 saturated carbocycles. The first kappa shape index (κ1) is 19.6. The van der Waals surface area contributed by atoms with Gasteiger partial charge in [-0.3, -0.25) is 4.79 Å². The maximum atomic E-state index is 12.0. The number of benzene rings is 2. The lowest BCUT2D eigenvalue weighted by Crippen LogP contribution is -2.31. The van der Waals surface area contributed by atoms with Crippen LogP contribution in [-0.4, -0.2) is 39.2 Å². The standard InChI is InChI=1S/C19H21ClN2O4/c1-25-15-6-3-13(4-7-15)9-10-21-18(23)12-22-17-11-14(19(24)26-2)5-8-16(17)20/h3-8,11,22H,9-10,12H2,1-2H3,(H,21,23). The second-order valence-corrected chi connectivity index (χ2v) is 5.89. The van der Waals surface area contributed by atoms with Gasteiger partial charge in [0, 0.05) is 6.54 Å². The van der Waals surface area contributed by atoms with Gasteiger partial charge in [-0.1, -0.05) is 23.7 Å². The molecule has 0 bridgehead atoms. The van der Waals surface area contributed by atoms with Crippen molar-refractivity contribution in [2.75, 3.05) is 32.6 Å². The quantitative estimate of drug-likeness (QED) is 0.693. The third kappa shape index (κ3) is 5.67. The van der Waals surface area contributed by atoms with Crippen LogP contribution in [0.2, 0.25) is 5.02 Å². The van der Waals surface area contributed by atoms with Crippen LogP contribution < -0.4 is 15.4 Å². The fraction of sp³-hybridized carbons (Fsp3) is 0.263. The molecule has 0 spiro atoms. The van der Waals surface area contributed by atoms with Crippen molar-refractivity contribution >= 4 is 29.2 Å². The molecule has 0 saturated heterocycles. The van der Waals surface area contributed by atoms with Crippen LogP contribution in [0.25, 0.3) is 0 Å². The molecule has 2 aromatic rings. The summed E-state index contributed by atoms with van der Waals surface area (Å²) < 4.78 is 9.78. The summed E-state index contributed by atoms with van der Waals surface area (Å²) in [5.41, 5.74) is 1.96. The number of anilines is 1. The highest BCUT2D eigenvalue weighted by atomic mass is 35.5. The van der Waals surface area contributed by atoms with Crippen molar-refractivity contribution in [1.29, 1.82) is 0 Å². The second-order valence-electron chi connectivity index (χ2n) is 5.49. The summed E-state index contributed by atoms with van der Waals surface area (Å²) in [6, 6.07) is 12.4. The summed E-state index contributed by atoms with van der Waals surface area (Å²) >= 11 is 6.08. The average Bonchev–Trinajstić information content (AvgIpc) is 2.67. The molecule has 0 aromatic heterocycles. The van der Waals surface area contributed by atoms with Gasteiger partial charge in [0.1, 0.15) is 5.75 Å². The Morgan fingerprint density at radius 1 is 1.08 bits per heavy atom. The van der Waals surface area contributed by atoms with Crippen LogP contribution in [0.1, 0.15) is 15.9 Å². The van der Waals surface area contributed by atoms with Gasteiger partial charge in [-0.15, -0.1) is 0 Å². The maximum absolute atomic E-state index is 12.0. The first-order valence-corrected chi connectivity index (χ1v) is 8.42. The number of halogens is 1. The minimum Gasteiger partial charge on any atom is -0.497 e. The molecule has 0 unspecified atom stereocenters. The Morgan fingerprint density at radius 2 is 1.81 bits per heavy atom. The number of nitrogens with one attached hydrogen (secondary N) is 2. The van der Waals surface area contributed by atoms with E-state index >= 15 is 0 Å². The lowest BCUT2D eigenvalue weighted by atomic mass is 10.1. The summed E-state index contributed by atoms with van der Waals surface area (Å²) in [5.74, 6) is 0.166. The Bertz CT molecular complexity index is 763. The van der Waals surface area contributed by atoms with Crippen molar-refractivity contribution in [2.24, 2.45) is 0 Å². The Hall–Kier alpha value is -2.73. The van der Waals surface area contributed by atoms with Crippen molar-refractivity contribution in [2.45, 2.75) is 6.42 Å². The van der Waals surface area contributed by atoms with Gasteiger partial charge in [-0.25, -0.2) is 4.79 Å². The van der Waals surface area contributed by atoms with Gasteiger partial charge in [0.15, 0.2) is 0 Å². The van der Waals surface area contributed by atoms with E-state index in [9.17, 15) is 9.59 Å². The molecule has 0 aliphatic heterocycles. The Kier molecular flexibility index (Phi) is 7.29. The van der Waals surface area contributed by atoms with E-state index in [-0.39, 0.29) is 12.5 Å². The molecule has 0 atom stereocenters. The predicted octanol–water partition coefficient (Wildman–Crippen LogP) is 2.91. The average molecular weight is 377 g/mol. The molecule has 2 rings (SSSR count). The zero-order chi connectivity index (χ0) is 18.9. The van der Waals surface area contributed by atoms with E-state index < -0.39 is 5.97 Å². The van der Waals surface area contributed by atoms with Gasteiger partial charge in [0.2, 0.25) is 5.91 Å². The van der Waals surface area contributed by atoms with Crippen molar-refractivity contribution in [1.82, 2.24) is 5.32 Å². The SMILES string of the molecule is COC(=O)c1ccc(Cl)c(NCC(=O)NCCc2ccc(OC)cc2)c1. The zero-order valence-corrected chi connectivity index (χ0v) is 15.4. The van der Waals surface area contributed by atoms with Crippen LogP contribution in [0.3, 0.4) is 0 Å². The van der Waals surface area contributed by atoms with E-state index in [2.05, 4.69) is 15.4 Å². The van der Waals surface area contributed by atoms with Crippen molar-refractivity contribution < 1.29 is 19.1 Å². The van der Waals surface area contributed by atoms with E-state index in [1.807, 2.05) is 24.3 Å². The molecular weight excluding hydrogens is 356 g/mol. The molecule has 2 N–H and O–H groups in total. The van der Waals surface area contributed by atoms with E-state index in [1.165, 1.54) is 7.11 Å². The van der Waals surface area contributed by atoms with Crippen molar-refractivity contribution in [3.05, 3.63) is 58.6 Å². The number of carbonyl (C=O) groups excluding carboxylic acids is 2. The predicted molar refractivity (Wildman–Crippen MR) is 101 cm³/mol. The van der Waals surface area contributed by atoms with Crippen LogP contribution in [0.4, 0.5) is 5.69 Å². The molecular formula is C19H21ClN2O4. The second kappa shape index (κ2) is 9.68. The summed E-state index contributed by atoms with van der Waals surface area (Å²) in [7, 11) is 2.93. The Balaban J connectivity index is 1.80. The minimum absolute atomic E-state index is 0.0486. The third-order valence-corrected chi connectivity index (χ3v) is 4.05. The molecule has 138 valence electrons. The highest BCUT2D eigenvalue weighted by molar-refractivity contribution is 6.33. The molecule has 2 aromatic carbocycles. The number of esters is 1. The zero-order valence-electron chi connectivity index (χ0n) is 14.7. The molecule has 7 heteroatoms. The highest BCUT2D eigenvalue weighted by Crippen LogP contribution is 2.23. The van der Waals surface area contributed by atoms with Crippen LogP contribution in [0.15, 0.2) is 42.5 Å². The number of rotatable bonds is 8. The van der Waals surface area contributed by atoms with E-state index in [0.717, 1.165) is 11.3 Å². The summed E-state index contributed by atoms with van der Waals surface area (Å²) in [5, 5.41) is 6.18. The van der Waals surface area contributed by atoms with Crippen LogP contribution in [0.5, 0.6) is 5.75 Å². The minimum atomic E-state index is -0.464. The highest BCUT2D eigenvalue weighted by Gasteiger charge is 2.10. The van der Waals surface area contributed by atoms with Crippen molar-refractivity contribution in [3.63, 3.8) is 0 Å². The van der Waals surface area contributed by atoms with Gasteiger partial charge in [-0.05, 0) is 42.3 Å². The molecule has 26 heavy (non-hydrogen) atoms. The fourth-order valence-electron chi connectivity index (χ4n) is 2.28. The molecule has 0 heterocycles. The maximum Gasteiger partial charge on any atom is 0.337 e. The Morgan fingerprint density at radius 3 is 2.46 bits per heavy atom. The van der Waals surface area contributed by atoms with E-state index in [0.29, 0.717) is 29.2 Å². The van der Waals surface area contributed by atoms with Crippen molar-refractivity contribution in [3.8, 4) is 5.75 Å². The van der Waals surface area contributed by atoms with Gasteiger partial charge in [0.25, 0.3) is 0 Å². The van der Waals surface area contributed by atoms with Crippen LogP contribution >= 0.6 is 11.6 Å². The topological polar surface area (TPSA) is 76.7 Å². The third-order valence-electron chi connectivity index (χ3n) is 3.72.